The van der Waals surface area contributed by atoms with Gasteiger partial charge in [0.15, 0.2) is 0 Å². The SMILES string of the molecule is CN1C(=O)C(C)(C)c2cc(N3CCNCC3)ccc21. The number of hydrogen-bond donors (Lipinski definition) is 1. The molecule has 0 unspecified atom stereocenters. The summed E-state index contributed by atoms with van der Waals surface area (Å²) >= 11 is 0. The first kappa shape index (κ1) is 12.5. The molecule has 1 aromatic carbocycles. The third-order valence-corrected chi connectivity index (χ3v) is 4.34. The van der Waals surface area contributed by atoms with Crippen LogP contribution in [-0.4, -0.2) is 39.1 Å². The quantitative estimate of drug-likeness (QED) is 0.827. The van der Waals surface area contributed by atoms with Crippen LogP contribution in [0, 0.1) is 0 Å². The molecule has 1 amide bonds. The van der Waals surface area contributed by atoms with Crippen LogP contribution in [0.3, 0.4) is 0 Å². The molecule has 0 aromatic heterocycles. The third kappa shape index (κ3) is 1.82. The molecule has 3 rings (SSSR count). The van der Waals surface area contributed by atoms with Crippen LogP contribution < -0.4 is 15.1 Å². The second-order valence-electron chi connectivity index (χ2n) is 5.93. The molecule has 1 N–H and O–H groups in total. The second kappa shape index (κ2) is 4.23. The Labute approximate surface area is 114 Å². The highest BCUT2D eigenvalue weighted by atomic mass is 16.2. The van der Waals surface area contributed by atoms with Crippen molar-refractivity contribution in [2.45, 2.75) is 19.3 Å². The number of carbonyl (C=O) groups is 1. The molecule has 102 valence electrons. The fourth-order valence-corrected chi connectivity index (χ4v) is 3.08. The molecule has 1 saturated heterocycles. The predicted octanol–water partition coefficient (Wildman–Crippen LogP) is 1.35. The number of nitrogens with one attached hydrogen (secondary N) is 1. The number of benzene rings is 1. The minimum Gasteiger partial charge on any atom is -0.369 e. The molecule has 1 fully saturated rings. The van der Waals surface area contributed by atoms with E-state index in [1.807, 2.05) is 20.9 Å². The van der Waals surface area contributed by atoms with Crippen LogP contribution in [0.4, 0.5) is 11.4 Å². The molecule has 0 atom stereocenters. The molecule has 0 spiro atoms. The van der Waals surface area contributed by atoms with Gasteiger partial charge in [0.05, 0.1) is 5.41 Å². The summed E-state index contributed by atoms with van der Waals surface area (Å²) in [5.41, 5.74) is 3.02. The molecule has 0 aliphatic carbocycles. The van der Waals surface area contributed by atoms with Crippen LogP contribution in [0.2, 0.25) is 0 Å². The minimum atomic E-state index is -0.409. The number of piperazine rings is 1. The highest BCUT2D eigenvalue weighted by Gasteiger charge is 2.42. The number of carbonyl (C=O) groups excluding carboxylic acids is 1. The van der Waals surface area contributed by atoms with Crippen molar-refractivity contribution in [1.82, 2.24) is 5.32 Å². The smallest absolute Gasteiger partial charge is 0.236 e. The lowest BCUT2D eigenvalue weighted by Crippen LogP contribution is -2.43. The normalized spacial score (nSPS) is 21.7. The Morgan fingerprint density at radius 3 is 2.58 bits per heavy atom. The first-order valence-corrected chi connectivity index (χ1v) is 6.90. The molecular formula is C15H21N3O. The van der Waals surface area contributed by atoms with E-state index in [9.17, 15) is 4.79 Å². The van der Waals surface area contributed by atoms with E-state index < -0.39 is 5.41 Å². The van der Waals surface area contributed by atoms with Gasteiger partial charge in [-0.2, -0.15) is 0 Å². The van der Waals surface area contributed by atoms with E-state index in [2.05, 4.69) is 28.4 Å². The Morgan fingerprint density at radius 2 is 1.89 bits per heavy atom. The van der Waals surface area contributed by atoms with Crippen molar-refractivity contribution in [2.75, 3.05) is 43.0 Å². The van der Waals surface area contributed by atoms with Gasteiger partial charge in [-0.25, -0.2) is 0 Å². The van der Waals surface area contributed by atoms with Crippen LogP contribution in [0.1, 0.15) is 19.4 Å². The van der Waals surface area contributed by atoms with Crippen molar-refractivity contribution in [1.29, 1.82) is 0 Å². The fourth-order valence-electron chi connectivity index (χ4n) is 3.08. The molecule has 4 nitrogen and oxygen atoms in total. The largest absolute Gasteiger partial charge is 0.369 e. The van der Waals surface area contributed by atoms with Crippen LogP contribution in [0.15, 0.2) is 18.2 Å². The molecule has 19 heavy (non-hydrogen) atoms. The van der Waals surface area contributed by atoms with Gasteiger partial charge in [-0.15, -0.1) is 0 Å². The Morgan fingerprint density at radius 1 is 1.21 bits per heavy atom. The first-order valence-electron chi connectivity index (χ1n) is 6.90. The highest BCUT2D eigenvalue weighted by Crippen LogP contribution is 2.42. The number of hydrogen-bond acceptors (Lipinski definition) is 3. The average molecular weight is 259 g/mol. The van der Waals surface area contributed by atoms with Crippen LogP contribution in [0.5, 0.6) is 0 Å². The van der Waals surface area contributed by atoms with Crippen molar-refractivity contribution < 1.29 is 4.79 Å². The maximum absolute atomic E-state index is 12.3. The zero-order chi connectivity index (χ0) is 13.6. The van der Waals surface area contributed by atoms with Gasteiger partial charge < -0.3 is 15.1 Å². The van der Waals surface area contributed by atoms with Gasteiger partial charge in [-0.05, 0) is 37.6 Å². The summed E-state index contributed by atoms with van der Waals surface area (Å²) in [5, 5.41) is 3.36. The lowest BCUT2D eigenvalue weighted by atomic mass is 9.86. The molecule has 2 aliphatic heterocycles. The van der Waals surface area contributed by atoms with Crippen molar-refractivity contribution in [2.24, 2.45) is 0 Å². The number of fused-ring (bicyclic) bond motifs is 1. The Kier molecular flexibility index (Phi) is 2.78. The van der Waals surface area contributed by atoms with E-state index in [4.69, 9.17) is 0 Å². The summed E-state index contributed by atoms with van der Waals surface area (Å²) in [5.74, 6) is 0.181. The first-order chi connectivity index (χ1) is 9.01. The Hall–Kier alpha value is -1.55. The van der Waals surface area contributed by atoms with Crippen molar-refractivity contribution >= 4 is 17.3 Å². The predicted molar refractivity (Wildman–Crippen MR) is 78.0 cm³/mol. The summed E-state index contributed by atoms with van der Waals surface area (Å²) < 4.78 is 0. The number of anilines is 2. The van der Waals surface area contributed by atoms with Crippen LogP contribution in [-0.2, 0) is 10.2 Å². The van der Waals surface area contributed by atoms with Gasteiger partial charge >= 0.3 is 0 Å². The molecule has 0 radical (unpaired) electrons. The van der Waals surface area contributed by atoms with Gasteiger partial charge in [-0.3, -0.25) is 4.79 Å². The molecule has 2 aliphatic rings. The van der Waals surface area contributed by atoms with E-state index in [0.29, 0.717) is 0 Å². The lowest BCUT2D eigenvalue weighted by molar-refractivity contribution is -0.121. The molecule has 1 aromatic rings. The van der Waals surface area contributed by atoms with Crippen LogP contribution >= 0.6 is 0 Å². The minimum absolute atomic E-state index is 0.181. The van der Waals surface area contributed by atoms with E-state index in [-0.39, 0.29) is 5.91 Å². The van der Waals surface area contributed by atoms with Crippen molar-refractivity contribution in [3.05, 3.63) is 23.8 Å². The number of rotatable bonds is 1. The summed E-state index contributed by atoms with van der Waals surface area (Å²) in [6.45, 7) is 8.14. The van der Waals surface area contributed by atoms with Crippen molar-refractivity contribution in [3.8, 4) is 0 Å². The lowest BCUT2D eigenvalue weighted by Gasteiger charge is -2.30. The van der Waals surface area contributed by atoms with Gasteiger partial charge in [0, 0.05) is 44.6 Å². The average Bonchev–Trinajstić information content (AvgIpc) is 2.61. The second-order valence-corrected chi connectivity index (χ2v) is 5.93. The molecule has 2 heterocycles. The number of nitrogens with zero attached hydrogens (tertiary/aromatic N) is 2. The Bertz CT molecular complexity index is 518. The molecular weight excluding hydrogens is 238 g/mol. The zero-order valence-electron chi connectivity index (χ0n) is 11.9. The maximum atomic E-state index is 12.3. The van der Waals surface area contributed by atoms with Crippen LogP contribution in [0.25, 0.3) is 0 Å². The van der Waals surface area contributed by atoms with Gasteiger partial charge in [-0.1, -0.05) is 0 Å². The van der Waals surface area contributed by atoms with E-state index in [0.717, 1.165) is 37.4 Å². The molecule has 0 saturated carbocycles. The van der Waals surface area contributed by atoms with Gasteiger partial charge in [0.25, 0.3) is 0 Å². The van der Waals surface area contributed by atoms with Crippen molar-refractivity contribution in [3.63, 3.8) is 0 Å². The summed E-state index contributed by atoms with van der Waals surface area (Å²) in [6.07, 6.45) is 0. The molecule has 0 bridgehead atoms. The zero-order valence-corrected chi connectivity index (χ0v) is 11.9. The van der Waals surface area contributed by atoms with E-state index >= 15 is 0 Å². The topological polar surface area (TPSA) is 35.6 Å². The number of amides is 1. The number of likely N-dealkylation sites (N-methyl/N-ethyl adjacent to an activating group) is 1. The summed E-state index contributed by atoms with van der Waals surface area (Å²) in [7, 11) is 1.86. The maximum Gasteiger partial charge on any atom is 0.236 e. The molecule has 4 heteroatoms. The Balaban J connectivity index is 2.00. The highest BCUT2D eigenvalue weighted by molar-refractivity contribution is 6.07. The third-order valence-electron chi connectivity index (χ3n) is 4.34. The van der Waals surface area contributed by atoms with E-state index in [1.165, 1.54) is 5.69 Å². The summed E-state index contributed by atoms with van der Waals surface area (Å²) in [4.78, 5) is 16.4. The summed E-state index contributed by atoms with van der Waals surface area (Å²) in [6, 6.07) is 6.41. The van der Waals surface area contributed by atoms with E-state index in [1.54, 1.807) is 4.90 Å². The standard InChI is InChI=1S/C15H21N3O/c1-15(2)12-10-11(18-8-6-16-7-9-18)4-5-13(12)17(3)14(15)19/h4-5,10,16H,6-9H2,1-3H3. The van der Waals surface area contributed by atoms with Gasteiger partial charge in [0.1, 0.15) is 0 Å². The monoisotopic (exact) mass is 259 g/mol. The van der Waals surface area contributed by atoms with Gasteiger partial charge in [0.2, 0.25) is 5.91 Å². The fraction of sp³-hybridized carbons (Fsp3) is 0.533.